The average Bonchev–Trinajstić information content (AvgIpc) is 3.33. The van der Waals surface area contributed by atoms with E-state index in [0.29, 0.717) is 12.1 Å². The molecule has 0 bridgehead atoms. The first-order chi connectivity index (χ1) is 13.1. The van der Waals surface area contributed by atoms with Gasteiger partial charge in [-0.15, -0.1) is 0 Å². The van der Waals surface area contributed by atoms with E-state index in [4.69, 9.17) is 0 Å². The predicted octanol–water partition coefficient (Wildman–Crippen LogP) is 3.38. The normalized spacial score (nSPS) is 17.8. The van der Waals surface area contributed by atoms with Gasteiger partial charge in [-0.3, -0.25) is 9.69 Å². The molecule has 2 heterocycles. The molecule has 4 rings (SSSR count). The van der Waals surface area contributed by atoms with E-state index in [0.717, 1.165) is 26.1 Å². The van der Waals surface area contributed by atoms with Crippen LogP contribution < -0.4 is 10.2 Å². The lowest BCUT2D eigenvalue weighted by molar-refractivity contribution is 0.0938. The molecule has 2 aliphatic rings. The third kappa shape index (κ3) is 3.83. The smallest absolute Gasteiger partial charge is 0.251 e. The number of nitrogens with one attached hydrogen (secondary N) is 1. The molecule has 4 nitrogen and oxygen atoms in total. The summed E-state index contributed by atoms with van der Waals surface area (Å²) in [7, 11) is 2.13. The number of halogens is 1. The van der Waals surface area contributed by atoms with E-state index in [2.05, 4.69) is 40.4 Å². The Morgan fingerprint density at radius 2 is 1.85 bits per heavy atom. The molecule has 1 atom stereocenters. The number of nitrogens with zero attached hydrogens (tertiary/aromatic N) is 2. The molecule has 2 aliphatic heterocycles. The molecule has 5 heteroatoms. The van der Waals surface area contributed by atoms with E-state index in [-0.39, 0.29) is 17.8 Å². The maximum absolute atomic E-state index is 13.1. The number of rotatable bonds is 5. The van der Waals surface area contributed by atoms with Gasteiger partial charge in [0.2, 0.25) is 0 Å². The molecule has 0 radical (unpaired) electrons. The van der Waals surface area contributed by atoms with Crippen molar-refractivity contribution in [3.8, 4) is 0 Å². The predicted molar refractivity (Wildman–Crippen MR) is 106 cm³/mol. The highest BCUT2D eigenvalue weighted by atomic mass is 19.1. The molecule has 27 heavy (non-hydrogen) atoms. The van der Waals surface area contributed by atoms with E-state index in [1.165, 1.54) is 53.9 Å². The van der Waals surface area contributed by atoms with Crippen LogP contribution in [-0.4, -0.2) is 44.0 Å². The van der Waals surface area contributed by atoms with Crippen LogP contribution in [0.2, 0.25) is 0 Å². The van der Waals surface area contributed by atoms with Crippen LogP contribution in [0, 0.1) is 5.82 Å². The van der Waals surface area contributed by atoms with Crippen molar-refractivity contribution >= 4 is 11.6 Å². The molecular weight excluding hydrogens is 341 g/mol. The van der Waals surface area contributed by atoms with Crippen LogP contribution >= 0.6 is 0 Å². The molecule has 0 saturated carbocycles. The minimum atomic E-state index is -0.329. The number of carbonyl (C=O) groups is 1. The largest absolute Gasteiger partial charge is 0.374 e. The van der Waals surface area contributed by atoms with Gasteiger partial charge < -0.3 is 10.2 Å². The van der Waals surface area contributed by atoms with Gasteiger partial charge in [-0.2, -0.15) is 0 Å². The summed E-state index contributed by atoms with van der Waals surface area (Å²) >= 11 is 0. The van der Waals surface area contributed by atoms with E-state index in [9.17, 15) is 9.18 Å². The van der Waals surface area contributed by atoms with Gasteiger partial charge >= 0.3 is 0 Å². The van der Waals surface area contributed by atoms with Gasteiger partial charge in [0.25, 0.3) is 5.91 Å². The average molecular weight is 367 g/mol. The molecule has 142 valence electrons. The summed E-state index contributed by atoms with van der Waals surface area (Å²) in [6.07, 6.45) is 3.49. The molecule has 0 aliphatic carbocycles. The van der Waals surface area contributed by atoms with Crippen molar-refractivity contribution in [2.24, 2.45) is 0 Å². The molecule has 1 N–H and O–H groups in total. The van der Waals surface area contributed by atoms with E-state index >= 15 is 0 Å². The van der Waals surface area contributed by atoms with Crippen LogP contribution in [0.4, 0.5) is 10.1 Å². The minimum absolute atomic E-state index is 0.153. The Labute approximate surface area is 160 Å². The highest BCUT2D eigenvalue weighted by Crippen LogP contribution is 2.32. The fourth-order valence-electron chi connectivity index (χ4n) is 4.20. The summed E-state index contributed by atoms with van der Waals surface area (Å²) in [4.78, 5) is 17.2. The first kappa shape index (κ1) is 18.0. The van der Waals surface area contributed by atoms with Crippen molar-refractivity contribution in [2.45, 2.75) is 25.3 Å². The third-order valence-electron chi connectivity index (χ3n) is 5.76. The monoisotopic (exact) mass is 367 g/mol. The van der Waals surface area contributed by atoms with Gasteiger partial charge in [0.15, 0.2) is 0 Å². The van der Waals surface area contributed by atoms with Crippen LogP contribution in [-0.2, 0) is 6.42 Å². The van der Waals surface area contributed by atoms with Gasteiger partial charge in [-0.25, -0.2) is 4.39 Å². The van der Waals surface area contributed by atoms with E-state index in [1.807, 2.05) is 0 Å². The zero-order valence-corrected chi connectivity index (χ0v) is 15.7. The second-order valence-corrected chi connectivity index (χ2v) is 7.54. The second kappa shape index (κ2) is 7.69. The fraction of sp³-hybridized carbons (Fsp3) is 0.409. The Morgan fingerprint density at radius 3 is 2.59 bits per heavy atom. The van der Waals surface area contributed by atoms with Crippen molar-refractivity contribution in [1.29, 1.82) is 0 Å². The van der Waals surface area contributed by atoms with Crippen molar-refractivity contribution in [3.05, 3.63) is 65.0 Å². The number of amides is 1. The van der Waals surface area contributed by atoms with Crippen LogP contribution in [0.5, 0.6) is 0 Å². The van der Waals surface area contributed by atoms with Crippen LogP contribution in [0.25, 0.3) is 0 Å². The molecule has 0 aromatic heterocycles. The first-order valence-corrected chi connectivity index (χ1v) is 9.73. The number of benzene rings is 2. The Bertz CT molecular complexity index is 815. The van der Waals surface area contributed by atoms with Gasteiger partial charge in [0.1, 0.15) is 5.82 Å². The maximum Gasteiger partial charge on any atom is 0.251 e. The topological polar surface area (TPSA) is 35.6 Å². The highest BCUT2D eigenvalue weighted by Gasteiger charge is 2.26. The number of carbonyl (C=O) groups excluding carboxylic acids is 1. The van der Waals surface area contributed by atoms with Gasteiger partial charge in [0, 0.05) is 31.4 Å². The second-order valence-electron chi connectivity index (χ2n) is 7.54. The number of hydrogen-bond donors (Lipinski definition) is 1. The molecule has 1 fully saturated rings. The Hall–Kier alpha value is -2.40. The fourth-order valence-corrected chi connectivity index (χ4v) is 4.20. The van der Waals surface area contributed by atoms with Crippen molar-refractivity contribution in [3.63, 3.8) is 0 Å². The molecule has 2 aromatic carbocycles. The Kier molecular flexibility index (Phi) is 5.12. The van der Waals surface area contributed by atoms with Crippen LogP contribution in [0.1, 0.15) is 40.4 Å². The highest BCUT2D eigenvalue weighted by molar-refractivity contribution is 5.94. The first-order valence-electron chi connectivity index (χ1n) is 9.73. The molecule has 2 aromatic rings. The summed E-state index contributed by atoms with van der Waals surface area (Å²) in [5.41, 5.74) is 4.47. The summed E-state index contributed by atoms with van der Waals surface area (Å²) in [5.74, 6) is -0.482. The standard InChI is InChI=1S/C22H26FN3O/c1-25-13-10-18-14-17(6-9-20(18)25)21(26-11-2-3-12-26)15-24-22(27)16-4-7-19(23)8-5-16/h4-9,14,21H,2-3,10-13,15H2,1H3,(H,24,27). The SMILES string of the molecule is CN1CCc2cc(C(CNC(=O)c3ccc(F)cc3)N3CCCC3)ccc21. The molecule has 1 amide bonds. The lowest BCUT2D eigenvalue weighted by Crippen LogP contribution is -2.36. The lowest BCUT2D eigenvalue weighted by Gasteiger charge is -2.29. The third-order valence-corrected chi connectivity index (χ3v) is 5.76. The van der Waals surface area contributed by atoms with Gasteiger partial charge in [0.05, 0.1) is 6.04 Å². The minimum Gasteiger partial charge on any atom is -0.374 e. The summed E-state index contributed by atoms with van der Waals surface area (Å²) in [6.45, 7) is 3.75. The molecule has 0 spiro atoms. The zero-order chi connectivity index (χ0) is 18.8. The zero-order valence-electron chi connectivity index (χ0n) is 15.7. The Morgan fingerprint density at radius 1 is 1.11 bits per heavy atom. The number of hydrogen-bond acceptors (Lipinski definition) is 3. The molecule has 1 saturated heterocycles. The number of anilines is 1. The van der Waals surface area contributed by atoms with Crippen molar-refractivity contribution in [1.82, 2.24) is 10.2 Å². The lowest BCUT2D eigenvalue weighted by atomic mass is 10.0. The van der Waals surface area contributed by atoms with E-state index in [1.54, 1.807) is 0 Å². The quantitative estimate of drug-likeness (QED) is 0.880. The van der Waals surface area contributed by atoms with E-state index < -0.39 is 0 Å². The van der Waals surface area contributed by atoms with Gasteiger partial charge in [-0.05, 0) is 73.8 Å². The number of fused-ring (bicyclic) bond motifs is 1. The Balaban J connectivity index is 1.51. The number of likely N-dealkylation sites (tertiary alicyclic amines) is 1. The van der Waals surface area contributed by atoms with Gasteiger partial charge in [-0.1, -0.05) is 12.1 Å². The van der Waals surface area contributed by atoms with Crippen LogP contribution in [0.15, 0.2) is 42.5 Å². The van der Waals surface area contributed by atoms with Crippen molar-refractivity contribution < 1.29 is 9.18 Å². The summed E-state index contributed by atoms with van der Waals surface area (Å²) in [6, 6.07) is 12.6. The van der Waals surface area contributed by atoms with Crippen molar-refractivity contribution in [2.75, 3.05) is 38.1 Å². The maximum atomic E-state index is 13.1. The number of likely N-dealkylation sites (N-methyl/N-ethyl adjacent to an activating group) is 1. The molecular formula is C22H26FN3O. The summed E-state index contributed by atoms with van der Waals surface area (Å²) in [5, 5.41) is 3.06. The summed E-state index contributed by atoms with van der Waals surface area (Å²) < 4.78 is 13.1. The molecule has 1 unspecified atom stereocenters. The van der Waals surface area contributed by atoms with Crippen LogP contribution in [0.3, 0.4) is 0 Å².